The minimum atomic E-state index is -3.25. The molecule has 2 aromatic rings. The van der Waals surface area contributed by atoms with Crippen LogP contribution in [0.2, 0.25) is 10.2 Å². The van der Waals surface area contributed by atoms with E-state index in [2.05, 4.69) is 4.98 Å². The van der Waals surface area contributed by atoms with Gasteiger partial charge < -0.3 is 0 Å². The van der Waals surface area contributed by atoms with Crippen LogP contribution in [0.4, 0.5) is 0 Å². The van der Waals surface area contributed by atoms with Crippen LogP contribution in [0.5, 0.6) is 0 Å². The van der Waals surface area contributed by atoms with Gasteiger partial charge in [-0.25, -0.2) is 13.4 Å². The van der Waals surface area contributed by atoms with Crippen molar-refractivity contribution in [2.24, 2.45) is 0 Å². The van der Waals surface area contributed by atoms with Gasteiger partial charge in [0.15, 0.2) is 9.84 Å². The fourth-order valence-corrected chi connectivity index (χ4v) is 3.48. The molecule has 0 spiro atoms. The number of rotatable bonds is 4. The van der Waals surface area contributed by atoms with Crippen molar-refractivity contribution in [1.82, 2.24) is 4.98 Å². The normalized spacial score (nSPS) is 11.5. The average molecular weight is 316 g/mol. The van der Waals surface area contributed by atoms with Gasteiger partial charge in [-0.2, -0.15) is 0 Å². The molecule has 0 saturated heterocycles. The standard InChI is InChI=1S/C13H11Cl2NO2S/c14-12-3-1-10(2-4-12)8-19(17,18)9-11-5-6-16-13(15)7-11/h1-7H,8-9H2. The van der Waals surface area contributed by atoms with E-state index < -0.39 is 9.84 Å². The summed E-state index contributed by atoms with van der Waals surface area (Å²) in [5, 5.41) is 0.876. The number of sulfone groups is 1. The molecule has 100 valence electrons. The highest BCUT2D eigenvalue weighted by Gasteiger charge is 2.13. The number of aromatic nitrogens is 1. The molecule has 0 amide bonds. The van der Waals surface area contributed by atoms with Gasteiger partial charge in [-0.05, 0) is 35.4 Å². The summed E-state index contributed by atoms with van der Waals surface area (Å²) in [6.45, 7) is 0. The first-order valence-electron chi connectivity index (χ1n) is 5.50. The Morgan fingerprint density at radius 3 is 2.21 bits per heavy atom. The Kier molecular flexibility index (Phi) is 4.45. The molecule has 0 unspecified atom stereocenters. The van der Waals surface area contributed by atoms with Crippen LogP contribution in [-0.2, 0) is 21.3 Å². The van der Waals surface area contributed by atoms with Crippen molar-refractivity contribution in [3.63, 3.8) is 0 Å². The second-order valence-electron chi connectivity index (χ2n) is 4.15. The molecule has 2 rings (SSSR count). The maximum absolute atomic E-state index is 12.1. The van der Waals surface area contributed by atoms with E-state index in [1.54, 1.807) is 36.4 Å². The minimum Gasteiger partial charge on any atom is -0.245 e. The Labute approximate surface area is 122 Å². The van der Waals surface area contributed by atoms with Crippen LogP contribution in [0, 0.1) is 0 Å². The number of hydrogen-bond acceptors (Lipinski definition) is 3. The Morgan fingerprint density at radius 2 is 1.58 bits per heavy atom. The Balaban J connectivity index is 2.13. The van der Waals surface area contributed by atoms with Gasteiger partial charge in [0.05, 0.1) is 11.5 Å². The molecule has 3 nitrogen and oxygen atoms in total. The molecular weight excluding hydrogens is 305 g/mol. The van der Waals surface area contributed by atoms with E-state index in [1.165, 1.54) is 6.20 Å². The predicted octanol–water partition coefficient (Wildman–Crippen LogP) is 3.50. The van der Waals surface area contributed by atoms with E-state index in [1.807, 2.05) is 0 Å². The van der Waals surface area contributed by atoms with Gasteiger partial charge in [-0.3, -0.25) is 0 Å². The number of hydrogen-bond donors (Lipinski definition) is 0. The van der Waals surface area contributed by atoms with E-state index in [-0.39, 0.29) is 11.5 Å². The van der Waals surface area contributed by atoms with Crippen molar-refractivity contribution in [2.75, 3.05) is 0 Å². The molecule has 1 aromatic carbocycles. The summed E-state index contributed by atoms with van der Waals surface area (Å²) in [4.78, 5) is 3.82. The van der Waals surface area contributed by atoms with Gasteiger partial charge in [0.25, 0.3) is 0 Å². The molecule has 0 bridgehead atoms. The SMILES string of the molecule is O=S(=O)(Cc1ccc(Cl)cc1)Cc1ccnc(Cl)c1. The topological polar surface area (TPSA) is 47.0 Å². The predicted molar refractivity (Wildman–Crippen MR) is 77.0 cm³/mol. The minimum absolute atomic E-state index is 0.0237. The molecule has 0 atom stereocenters. The van der Waals surface area contributed by atoms with Crippen molar-refractivity contribution >= 4 is 33.0 Å². The second kappa shape index (κ2) is 5.90. The lowest BCUT2D eigenvalue weighted by atomic mass is 10.2. The van der Waals surface area contributed by atoms with Crippen LogP contribution in [0.1, 0.15) is 11.1 Å². The highest BCUT2D eigenvalue weighted by molar-refractivity contribution is 7.89. The summed E-state index contributed by atoms with van der Waals surface area (Å²) < 4.78 is 24.1. The summed E-state index contributed by atoms with van der Waals surface area (Å²) in [5.74, 6) is -0.0814. The van der Waals surface area contributed by atoms with Crippen LogP contribution in [-0.4, -0.2) is 13.4 Å². The number of halogens is 2. The quantitative estimate of drug-likeness (QED) is 0.811. The smallest absolute Gasteiger partial charge is 0.158 e. The van der Waals surface area contributed by atoms with Crippen LogP contribution < -0.4 is 0 Å². The van der Waals surface area contributed by atoms with Gasteiger partial charge in [0.2, 0.25) is 0 Å². The van der Waals surface area contributed by atoms with E-state index in [9.17, 15) is 8.42 Å². The lowest BCUT2D eigenvalue weighted by Crippen LogP contribution is -2.07. The monoisotopic (exact) mass is 315 g/mol. The zero-order chi connectivity index (χ0) is 13.9. The summed E-state index contributed by atoms with van der Waals surface area (Å²) in [7, 11) is -3.25. The van der Waals surface area contributed by atoms with E-state index in [0.717, 1.165) is 0 Å². The Morgan fingerprint density at radius 1 is 0.947 bits per heavy atom. The summed E-state index contributed by atoms with van der Waals surface area (Å²) in [5.41, 5.74) is 1.35. The molecule has 0 aliphatic rings. The summed E-state index contributed by atoms with van der Waals surface area (Å²) >= 11 is 11.5. The molecular formula is C13H11Cl2NO2S. The van der Waals surface area contributed by atoms with Crippen molar-refractivity contribution in [3.8, 4) is 0 Å². The Hall–Kier alpha value is -1.10. The zero-order valence-corrected chi connectivity index (χ0v) is 12.2. The third kappa shape index (κ3) is 4.49. The maximum atomic E-state index is 12.1. The first-order chi connectivity index (χ1) is 8.94. The molecule has 6 heteroatoms. The van der Waals surface area contributed by atoms with Crippen molar-refractivity contribution in [2.45, 2.75) is 11.5 Å². The molecule has 19 heavy (non-hydrogen) atoms. The van der Waals surface area contributed by atoms with Gasteiger partial charge >= 0.3 is 0 Å². The fourth-order valence-electron chi connectivity index (χ4n) is 1.67. The Bertz CT molecular complexity index is 669. The van der Waals surface area contributed by atoms with E-state index in [0.29, 0.717) is 21.3 Å². The van der Waals surface area contributed by atoms with Crippen LogP contribution >= 0.6 is 23.2 Å². The van der Waals surface area contributed by atoms with Gasteiger partial charge in [0.1, 0.15) is 5.15 Å². The summed E-state index contributed by atoms with van der Waals surface area (Å²) in [6.07, 6.45) is 1.50. The number of pyridine rings is 1. The van der Waals surface area contributed by atoms with Gasteiger partial charge in [-0.15, -0.1) is 0 Å². The molecule has 0 aliphatic carbocycles. The molecule has 0 N–H and O–H groups in total. The second-order valence-corrected chi connectivity index (χ2v) is 7.03. The van der Waals surface area contributed by atoms with Gasteiger partial charge in [0, 0.05) is 11.2 Å². The maximum Gasteiger partial charge on any atom is 0.158 e. The first-order valence-corrected chi connectivity index (χ1v) is 8.08. The van der Waals surface area contributed by atoms with Crippen molar-refractivity contribution in [1.29, 1.82) is 0 Å². The molecule has 0 aliphatic heterocycles. The largest absolute Gasteiger partial charge is 0.245 e. The summed E-state index contributed by atoms with van der Waals surface area (Å²) in [6, 6.07) is 9.97. The highest BCUT2D eigenvalue weighted by Crippen LogP contribution is 2.16. The van der Waals surface area contributed by atoms with Crippen LogP contribution in [0.25, 0.3) is 0 Å². The molecule has 1 aromatic heterocycles. The zero-order valence-electron chi connectivity index (χ0n) is 9.88. The number of nitrogens with zero attached hydrogens (tertiary/aromatic N) is 1. The highest BCUT2D eigenvalue weighted by atomic mass is 35.5. The third-order valence-corrected chi connectivity index (χ3v) is 4.48. The van der Waals surface area contributed by atoms with Crippen LogP contribution in [0.3, 0.4) is 0 Å². The number of benzene rings is 1. The molecule has 0 radical (unpaired) electrons. The average Bonchev–Trinajstić information content (AvgIpc) is 2.31. The molecule has 0 fully saturated rings. The first kappa shape index (κ1) is 14.3. The van der Waals surface area contributed by atoms with Gasteiger partial charge in [-0.1, -0.05) is 35.3 Å². The van der Waals surface area contributed by atoms with Crippen molar-refractivity contribution < 1.29 is 8.42 Å². The lowest BCUT2D eigenvalue weighted by Gasteiger charge is -2.05. The van der Waals surface area contributed by atoms with Crippen LogP contribution in [0.15, 0.2) is 42.6 Å². The van der Waals surface area contributed by atoms with E-state index >= 15 is 0 Å². The lowest BCUT2D eigenvalue weighted by molar-refractivity contribution is 0.594. The van der Waals surface area contributed by atoms with Crippen molar-refractivity contribution in [3.05, 3.63) is 63.9 Å². The fraction of sp³-hybridized carbons (Fsp3) is 0.154. The molecule has 0 saturated carbocycles. The van der Waals surface area contributed by atoms with E-state index in [4.69, 9.17) is 23.2 Å². The molecule has 1 heterocycles. The third-order valence-electron chi connectivity index (χ3n) is 2.48.